The molecule has 1 rings (SSSR count). The fourth-order valence-electron chi connectivity index (χ4n) is 1.51. The average Bonchev–Trinajstić information content (AvgIpc) is 2.30. The van der Waals surface area contributed by atoms with E-state index in [1.807, 2.05) is 0 Å². The Bertz CT molecular complexity index is 601. The van der Waals surface area contributed by atoms with Gasteiger partial charge in [-0.2, -0.15) is 0 Å². The highest BCUT2D eigenvalue weighted by Crippen LogP contribution is 2.16. The second-order valence-electron chi connectivity index (χ2n) is 4.65. The standard InChI is InChI=1S/C12H15F2NO4S/c1-7(2)11(6-12(16)17)15-20(18,19)8-3-4-9(13)10(14)5-8/h3-5,7,11,15H,6H2,1-2H3,(H,16,17). The maximum absolute atomic E-state index is 13.1. The van der Waals surface area contributed by atoms with Crippen molar-refractivity contribution < 1.29 is 27.1 Å². The molecule has 20 heavy (non-hydrogen) atoms. The van der Waals surface area contributed by atoms with E-state index in [1.54, 1.807) is 13.8 Å². The van der Waals surface area contributed by atoms with Crippen LogP contribution in [0, 0.1) is 17.6 Å². The maximum Gasteiger partial charge on any atom is 0.304 e. The fourth-order valence-corrected chi connectivity index (χ4v) is 2.91. The fraction of sp³-hybridized carbons (Fsp3) is 0.417. The summed E-state index contributed by atoms with van der Waals surface area (Å²) >= 11 is 0. The molecule has 0 saturated heterocycles. The van der Waals surface area contributed by atoms with Crippen LogP contribution in [-0.2, 0) is 14.8 Å². The van der Waals surface area contributed by atoms with Crippen molar-refractivity contribution in [2.45, 2.75) is 31.2 Å². The summed E-state index contributed by atoms with van der Waals surface area (Å²) in [4.78, 5) is 10.2. The number of hydrogen-bond donors (Lipinski definition) is 2. The monoisotopic (exact) mass is 307 g/mol. The first kappa shape index (κ1) is 16.5. The minimum Gasteiger partial charge on any atom is -0.481 e. The molecule has 112 valence electrons. The van der Waals surface area contributed by atoms with E-state index < -0.39 is 45.0 Å². The number of sulfonamides is 1. The summed E-state index contributed by atoms with van der Waals surface area (Å²) in [5, 5.41) is 8.74. The molecule has 0 saturated carbocycles. The Kier molecular flexibility index (Phi) is 5.18. The van der Waals surface area contributed by atoms with E-state index in [0.717, 1.165) is 6.07 Å². The Morgan fingerprint density at radius 2 is 1.90 bits per heavy atom. The Morgan fingerprint density at radius 3 is 2.35 bits per heavy atom. The second-order valence-corrected chi connectivity index (χ2v) is 6.36. The third kappa shape index (κ3) is 4.24. The molecular formula is C12H15F2NO4S. The van der Waals surface area contributed by atoms with Gasteiger partial charge in [-0.3, -0.25) is 4.79 Å². The molecule has 0 amide bonds. The molecule has 1 aromatic carbocycles. The number of nitrogens with one attached hydrogen (secondary N) is 1. The van der Waals surface area contributed by atoms with Crippen molar-refractivity contribution in [3.8, 4) is 0 Å². The van der Waals surface area contributed by atoms with Crippen LogP contribution in [0.4, 0.5) is 8.78 Å². The van der Waals surface area contributed by atoms with Gasteiger partial charge >= 0.3 is 5.97 Å². The first-order valence-electron chi connectivity index (χ1n) is 5.82. The Balaban J connectivity index is 3.03. The Morgan fingerprint density at radius 1 is 1.30 bits per heavy atom. The number of halogens is 2. The minimum absolute atomic E-state index is 0.272. The van der Waals surface area contributed by atoms with Gasteiger partial charge in [-0.25, -0.2) is 21.9 Å². The first-order chi connectivity index (χ1) is 9.13. The summed E-state index contributed by atoms with van der Waals surface area (Å²) in [6.45, 7) is 3.31. The van der Waals surface area contributed by atoms with E-state index in [-0.39, 0.29) is 5.92 Å². The summed E-state index contributed by atoms with van der Waals surface area (Å²) in [7, 11) is -4.11. The van der Waals surface area contributed by atoms with Gasteiger partial charge < -0.3 is 5.11 Å². The molecule has 0 heterocycles. The molecule has 0 spiro atoms. The highest BCUT2D eigenvalue weighted by Gasteiger charge is 2.25. The summed E-state index contributed by atoms with van der Waals surface area (Å²) in [6, 6.07) is 1.32. The topological polar surface area (TPSA) is 83.5 Å². The first-order valence-corrected chi connectivity index (χ1v) is 7.31. The minimum atomic E-state index is -4.11. The third-order valence-corrected chi connectivity index (χ3v) is 4.19. The molecule has 2 N–H and O–H groups in total. The number of carboxylic acids is 1. The molecule has 5 nitrogen and oxygen atoms in total. The molecule has 0 aliphatic carbocycles. The predicted molar refractivity (Wildman–Crippen MR) is 67.6 cm³/mol. The van der Waals surface area contributed by atoms with Gasteiger partial charge in [0.15, 0.2) is 11.6 Å². The van der Waals surface area contributed by atoms with Gasteiger partial charge in [-0.1, -0.05) is 13.8 Å². The van der Waals surface area contributed by atoms with Crippen LogP contribution >= 0.6 is 0 Å². The zero-order chi connectivity index (χ0) is 15.5. The third-order valence-electron chi connectivity index (χ3n) is 2.71. The molecule has 1 unspecified atom stereocenters. The van der Waals surface area contributed by atoms with E-state index in [0.29, 0.717) is 12.1 Å². The largest absolute Gasteiger partial charge is 0.481 e. The van der Waals surface area contributed by atoms with Gasteiger partial charge in [0.1, 0.15) is 0 Å². The van der Waals surface area contributed by atoms with Crippen LogP contribution in [-0.4, -0.2) is 25.5 Å². The molecule has 0 radical (unpaired) electrons. The lowest BCUT2D eigenvalue weighted by Gasteiger charge is -2.20. The quantitative estimate of drug-likeness (QED) is 0.838. The summed E-state index contributed by atoms with van der Waals surface area (Å²) in [5.74, 6) is -3.87. The highest BCUT2D eigenvalue weighted by atomic mass is 32.2. The van der Waals surface area contributed by atoms with Crippen molar-refractivity contribution in [1.29, 1.82) is 0 Å². The van der Waals surface area contributed by atoms with Crippen molar-refractivity contribution in [2.75, 3.05) is 0 Å². The van der Waals surface area contributed by atoms with Crippen LogP contribution in [0.3, 0.4) is 0 Å². The SMILES string of the molecule is CC(C)C(CC(=O)O)NS(=O)(=O)c1ccc(F)c(F)c1. The molecule has 0 aliphatic rings. The van der Waals surface area contributed by atoms with Crippen molar-refractivity contribution in [2.24, 2.45) is 5.92 Å². The summed E-state index contributed by atoms with van der Waals surface area (Å²) in [6.07, 6.45) is -0.402. The lowest BCUT2D eigenvalue weighted by molar-refractivity contribution is -0.137. The van der Waals surface area contributed by atoms with Gasteiger partial charge in [0.05, 0.1) is 11.3 Å². The van der Waals surface area contributed by atoms with Crippen LogP contribution in [0.5, 0.6) is 0 Å². The molecule has 0 fully saturated rings. The van der Waals surface area contributed by atoms with E-state index in [4.69, 9.17) is 5.11 Å². The second kappa shape index (κ2) is 6.27. The van der Waals surface area contributed by atoms with Gasteiger partial charge in [0, 0.05) is 6.04 Å². The van der Waals surface area contributed by atoms with Crippen molar-refractivity contribution in [1.82, 2.24) is 4.72 Å². The molecule has 1 atom stereocenters. The molecule has 1 aromatic rings. The van der Waals surface area contributed by atoms with Crippen molar-refractivity contribution >= 4 is 16.0 Å². The Hall–Kier alpha value is -1.54. The number of carbonyl (C=O) groups is 1. The van der Waals surface area contributed by atoms with Crippen LogP contribution in [0.1, 0.15) is 20.3 Å². The maximum atomic E-state index is 13.1. The average molecular weight is 307 g/mol. The van der Waals surface area contributed by atoms with Gasteiger partial charge in [0.2, 0.25) is 10.0 Å². The van der Waals surface area contributed by atoms with Gasteiger partial charge in [-0.15, -0.1) is 0 Å². The highest BCUT2D eigenvalue weighted by molar-refractivity contribution is 7.89. The number of hydrogen-bond acceptors (Lipinski definition) is 3. The lowest BCUT2D eigenvalue weighted by atomic mass is 10.0. The molecule has 0 bridgehead atoms. The number of rotatable bonds is 6. The zero-order valence-corrected chi connectivity index (χ0v) is 11.7. The van der Waals surface area contributed by atoms with Gasteiger partial charge in [-0.05, 0) is 24.1 Å². The van der Waals surface area contributed by atoms with Crippen LogP contribution in [0.15, 0.2) is 23.1 Å². The molecular weight excluding hydrogens is 292 g/mol. The molecule has 0 aliphatic heterocycles. The van der Waals surface area contributed by atoms with E-state index >= 15 is 0 Å². The smallest absolute Gasteiger partial charge is 0.304 e. The molecule has 0 aromatic heterocycles. The zero-order valence-electron chi connectivity index (χ0n) is 10.9. The summed E-state index contributed by atoms with van der Waals surface area (Å²) in [5.41, 5.74) is 0. The predicted octanol–water partition coefficient (Wildman–Crippen LogP) is 1.74. The van der Waals surface area contributed by atoms with Crippen LogP contribution < -0.4 is 4.72 Å². The van der Waals surface area contributed by atoms with E-state index in [1.165, 1.54) is 0 Å². The Labute approximate surface area is 115 Å². The van der Waals surface area contributed by atoms with E-state index in [9.17, 15) is 22.0 Å². The van der Waals surface area contributed by atoms with Crippen molar-refractivity contribution in [3.63, 3.8) is 0 Å². The summed E-state index contributed by atoms with van der Waals surface area (Å²) < 4.78 is 52.0. The number of carboxylic acid groups (broad SMARTS) is 1. The normalized spacial score (nSPS) is 13.4. The van der Waals surface area contributed by atoms with Gasteiger partial charge in [0.25, 0.3) is 0 Å². The van der Waals surface area contributed by atoms with Crippen LogP contribution in [0.25, 0.3) is 0 Å². The van der Waals surface area contributed by atoms with Crippen LogP contribution in [0.2, 0.25) is 0 Å². The number of benzene rings is 1. The van der Waals surface area contributed by atoms with Crippen molar-refractivity contribution in [3.05, 3.63) is 29.8 Å². The molecule has 8 heteroatoms. The number of aliphatic carboxylic acids is 1. The van der Waals surface area contributed by atoms with E-state index in [2.05, 4.69) is 4.72 Å². The lowest BCUT2D eigenvalue weighted by Crippen LogP contribution is -2.40.